The van der Waals surface area contributed by atoms with E-state index in [-0.39, 0.29) is 6.61 Å². The summed E-state index contributed by atoms with van der Waals surface area (Å²) in [5.74, 6) is 2.65. The number of ether oxygens (including phenoxy) is 3. The number of nitrogens with zero attached hydrogens (tertiary/aromatic N) is 1. The van der Waals surface area contributed by atoms with Crippen LogP contribution in [0.3, 0.4) is 0 Å². The number of nitrogens with one attached hydrogen (secondary N) is 1. The molecule has 0 atom stereocenters. The number of methoxy groups -OCH3 is 2. The summed E-state index contributed by atoms with van der Waals surface area (Å²) in [6, 6.07) is 14.0. The first-order valence-corrected chi connectivity index (χ1v) is 12.6. The minimum Gasteiger partial charge on any atom is -0.497 e. The van der Waals surface area contributed by atoms with E-state index in [0.29, 0.717) is 12.2 Å². The molecule has 38 heavy (non-hydrogen) atoms. The molecule has 0 bridgehead atoms. The van der Waals surface area contributed by atoms with Crippen LogP contribution >= 0.6 is 0 Å². The van der Waals surface area contributed by atoms with Gasteiger partial charge in [0.2, 0.25) is 0 Å². The smallest absolute Gasteiger partial charge is 0.411 e. The third-order valence-corrected chi connectivity index (χ3v) is 7.07. The van der Waals surface area contributed by atoms with Crippen LogP contribution in [0.2, 0.25) is 0 Å². The molecule has 2 aliphatic rings. The molecular formula is C32H31N2O4. The van der Waals surface area contributed by atoms with Crippen LogP contribution in [-0.4, -0.2) is 25.3 Å². The van der Waals surface area contributed by atoms with Gasteiger partial charge in [0.1, 0.15) is 12.4 Å². The zero-order valence-electron chi connectivity index (χ0n) is 22.3. The molecule has 193 valence electrons. The van der Waals surface area contributed by atoms with Gasteiger partial charge in [0.25, 0.3) is 0 Å². The lowest BCUT2D eigenvalue weighted by Crippen LogP contribution is -2.31. The Balaban J connectivity index is 1.32. The highest BCUT2D eigenvalue weighted by molar-refractivity contribution is 5.99. The summed E-state index contributed by atoms with van der Waals surface area (Å²) < 4.78 is 16.5. The van der Waals surface area contributed by atoms with E-state index >= 15 is 0 Å². The second-order valence-electron chi connectivity index (χ2n) is 9.48. The van der Waals surface area contributed by atoms with Gasteiger partial charge in [-0.3, -0.25) is 10.3 Å². The Bertz CT molecular complexity index is 1600. The average Bonchev–Trinajstić information content (AvgIpc) is 3.72. The minimum absolute atomic E-state index is 0.229. The van der Waals surface area contributed by atoms with Crippen LogP contribution in [0.25, 0.3) is 17.7 Å². The first-order valence-electron chi connectivity index (χ1n) is 12.6. The summed E-state index contributed by atoms with van der Waals surface area (Å²) in [5, 5.41) is 4.82. The molecule has 1 amide bonds. The van der Waals surface area contributed by atoms with Gasteiger partial charge in [-0.2, -0.15) is 0 Å². The Kier molecular flexibility index (Phi) is 7.05. The van der Waals surface area contributed by atoms with Gasteiger partial charge in [0.05, 0.1) is 25.5 Å². The Morgan fingerprint density at radius 1 is 0.974 bits per heavy atom. The minimum atomic E-state index is -0.467. The summed E-state index contributed by atoms with van der Waals surface area (Å²) in [6.45, 7) is 6.34. The van der Waals surface area contributed by atoms with Crippen LogP contribution in [0.1, 0.15) is 39.8 Å². The van der Waals surface area contributed by atoms with Gasteiger partial charge < -0.3 is 14.2 Å². The number of anilines is 1. The maximum Gasteiger partial charge on any atom is 0.411 e. The number of allylic oxidation sites excluding steroid dienone is 4. The van der Waals surface area contributed by atoms with Crippen molar-refractivity contribution in [1.29, 1.82) is 0 Å². The molecule has 0 spiro atoms. The first kappa shape index (κ1) is 25.3. The predicted octanol–water partition coefficient (Wildman–Crippen LogP) is 5.24. The largest absolute Gasteiger partial charge is 0.497 e. The Morgan fingerprint density at radius 3 is 2.58 bits per heavy atom. The predicted molar refractivity (Wildman–Crippen MR) is 149 cm³/mol. The summed E-state index contributed by atoms with van der Waals surface area (Å²) in [4.78, 5) is 17.1. The van der Waals surface area contributed by atoms with E-state index in [9.17, 15) is 4.79 Å². The highest BCUT2D eigenvalue weighted by Crippen LogP contribution is 2.46. The third-order valence-electron chi connectivity index (χ3n) is 7.07. The maximum absolute atomic E-state index is 12.5. The van der Waals surface area contributed by atoms with Gasteiger partial charge in [-0.25, -0.2) is 4.79 Å². The van der Waals surface area contributed by atoms with Crippen molar-refractivity contribution in [3.05, 3.63) is 116 Å². The molecule has 3 aromatic rings. The highest BCUT2D eigenvalue weighted by Gasteiger charge is 2.31. The fraction of sp³-hybridized carbons (Fsp3) is 0.219. The van der Waals surface area contributed by atoms with Crippen molar-refractivity contribution in [3.8, 4) is 0 Å². The molecule has 5 rings (SSSR count). The van der Waals surface area contributed by atoms with Gasteiger partial charge in [-0.05, 0) is 66.3 Å². The van der Waals surface area contributed by atoms with Crippen molar-refractivity contribution in [3.63, 3.8) is 0 Å². The Hall–Kier alpha value is -4.32. The lowest BCUT2D eigenvalue weighted by atomic mass is 9.95. The summed E-state index contributed by atoms with van der Waals surface area (Å²) in [5.41, 5.74) is 8.43. The first-order chi connectivity index (χ1) is 18.4. The van der Waals surface area contributed by atoms with E-state index in [1.165, 1.54) is 11.5 Å². The van der Waals surface area contributed by atoms with Gasteiger partial charge in [-0.1, -0.05) is 48.0 Å². The lowest BCUT2D eigenvalue weighted by Gasteiger charge is -2.14. The molecule has 1 N–H and O–H groups in total. The van der Waals surface area contributed by atoms with E-state index in [1.54, 1.807) is 14.2 Å². The average molecular weight is 508 g/mol. The van der Waals surface area contributed by atoms with Crippen molar-refractivity contribution < 1.29 is 19.0 Å². The van der Waals surface area contributed by atoms with Gasteiger partial charge in [0.15, 0.2) is 5.76 Å². The quantitative estimate of drug-likeness (QED) is 0.473. The summed E-state index contributed by atoms with van der Waals surface area (Å²) in [6.07, 6.45) is 8.25. The standard InChI is InChI=1S/C32H31N2O4/c1-19-7-6-8-22(15-19)18-38-32(35)34-28-11-9-23(20(2)21(28)3)26-16-27(26)24-13-14-33-29-17-31(37-5)30(36-4)12-10-25(24)29/h6-11,13-17H,12,18H2,1-5H3,(H,34,35). The van der Waals surface area contributed by atoms with E-state index in [4.69, 9.17) is 14.2 Å². The van der Waals surface area contributed by atoms with Gasteiger partial charge >= 0.3 is 6.09 Å². The SMILES string of the molecule is COC1=C(OC)CC=c2c([C]3C=C3c3ccc(NC(=O)OCc4cccc(C)c4)c(C)c3C)ccnc2=C1. The number of hydrogen-bond donors (Lipinski definition) is 1. The zero-order valence-corrected chi connectivity index (χ0v) is 22.3. The molecule has 1 radical (unpaired) electrons. The van der Waals surface area contributed by atoms with Gasteiger partial charge in [-0.15, -0.1) is 0 Å². The Morgan fingerprint density at radius 2 is 1.82 bits per heavy atom. The van der Waals surface area contributed by atoms with E-state index in [2.05, 4.69) is 41.5 Å². The number of aryl methyl sites for hydroxylation is 1. The fourth-order valence-electron chi connectivity index (χ4n) is 4.81. The van der Waals surface area contributed by atoms with Crippen LogP contribution in [0, 0.1) is 26.7 Å². The number of carbonyl (C=O) groups excluding carboxylic acids is 1. The van der Waals surface area contributed by atoms with Crippen LogP contribution < -0.4 is 15.9 Å². The molecule has 6 heteroatoms. The van der Waals surface area contributed by atoms with E-state index < -0.39 is 6.09 Å². The highest BCUT2D eigenvalue weighted by atomic mass is 16.5. The van der Waals surface area contributed by atoms with Crippen LogP contribution in [-0.2, 0) is 20.8 Å². The zero-order chi connectivity index (χ0) is 26.8. The monoisotopic (exact) mass is 507 g/mol. The van der Waals surface area contributed by atoms with Crippen molar-refractivity contribution in [2.24, 2.45) is 0 Å². The van der Waals surface area contributed by atoms with Crippen molar-refractivity contribution >= 4 is 29.5 Å². The number of fused-ring (bicyclic) bond motifs is 1. The number of rotatable bonds is 7. The fourth-order valence-corrected chi connectivity index (χ4v) is 4.81. The number of carbonyl (C=O) groups is 1. The Labute approximate surface area is 223 Å². The molecule has 2 aliphatic carbocycles. The number of amides is 1. The van der Waals surface area contributed by atoms with Crippen molar-refractivity contribution in [2.45, 2.75) is 33.8 Å². The number of pyridine rings is 1. The molecule has 2 aromatic carbocycles. The lowest BCUT2D eigenvalue weighted by molar-refractivity contribution is 0.155. The topological polar surface area (TPSA) is 69.7 Å². The molecular weight excluding hydrogens is 476 g/mol. The number of aromatic nitrogens is 1. The van der Waals surface area contributed by atoms with Crippen molar-refractivity contribution in [1.82, 2.24) is 4.98 Å². The number of hydrogen-bond acceptors (Lipinski definition) is 5. The summed E-state index contributed by atoms with van der Waals surface area (Å²) in [7, 11) is 3.30. The normalized spacial score (nSPS) is 14.4. The molecule has 0 aliphatic heterocycles. The maximum atomic E-state index is 12.5. The number of benzene rings is 2. The molecule has 0 fully saturated rings. The van der Waals surface area contributed by atoms with Gasteiger partial charge in [0, 0.05) is 29.6 Å². The third kappa shape index (κ3) is 5.07. The molecule has 1 aromatic heterocycles. The van der Waals surface area contributed by atoms with Crippen LogP contribution in [0.4, 0.5) is 10.5 Å². The van der Waals surface area contributed by atoms with Crippen LogP contribution in [0.15, 0.2) is 66.3 Å². The molecule has 0 saturated carbocycles. The van der Waals surface area contributed by atoms with Crippen LogP contribution in [0.5, 0.6) is 0 Å². The van der Waals surface area contributed by atoms with E-state index in [0.717, 1.165) is 55.4 Å². The molecule has 1 heterocycles. The summed E-state index contributed by atoms with van der Waals surface area (Å²) >= 11 is 0. The molecule has 0 unspecified atom stereocenters. The van der Waals surface area contributed by atoms with Crippen molar-refractivity contribution in [2.75, 3.05) is 19.5 Å². The second kappa shape index (κ2) is 10.6. The molecule has 6 nitrogen and oxygen atoms in total. The second-order valence-corrected chi connectivity index (χ2v) is 9.48. The molecule has 0 saturated heterocycles. The van der Waals surface area contributed by atoms with E-state index in [1.807, 2.05) is 56.5 Å².